The highest BCUT2D eigenvalue weighted by atomic mass is 16.5. The minimum absolute atomic E-state index is 0.109. The van der Waals surface area contributed by atoms with E-state index in [9.17, 15) is 14.7 Å². The van der Waals surface area contributed by atoms with Crippen LogP contribution in [-0.4, -0.2) is 23.5 Å². The first kappa shape index (κ1) is 17.3. The molecule has 0 heterocycles. The van der Waals surface area contributed by atoms with E-state index in [4.69, 9.17) is 4.74 Å². The number of nitrogens with one attached hydrogen (secondary N) is 2. The second-order valence-electron chi connectivity index (χ2n) is 5.54. The molecule has 0 aliphatic heterocycles. The summed E-state index contributed by atoms with van der Waals surface area (Å²) in [5.41, 5.74) is 0.939. The van der Waals surface area contributed by atoms with E-state index < -0.39 is 11.8 Å². The summed E-state index contributed by atoms with van der Waals surface area (Å²) in [6.45, 7) is 2.43. The Kier molecular flexibility index (Phi) is 5.03. The zero-order chi connectivity index (χ0) is 18.5. The van der Waals surface area contributed by atoms with E-state index in [0.29, 0.717) is 34.5 Å². The van der Waals surface area contributed by atoms with Crippen LogP contribution in [-0.2, 0) is 9.59 Å². The first-order valence-corrected chi connectivity index (χ1v) is 8.14. The quantitative estimate of drug-likeness (QED) is 0.628. The van der Waals surface area contributed by atoms with Gasteiger partial charge in [0.05, 0.1) is 6.61 Å². The maximum absolute atomic E-state index is 12.2. The number of anilines is 2. The van der Waals surface area contributed by atoms with Gasteiger partial charge < -0.3 is 20.5 Å². The number of hydrogen-bond acceptors (Lipinski definition) is 4. The van der Waals surface area contributed by atoms with E-state index in [1.54, 1.807) is 60.7 Å². The molecule has 0 saturated carbocycles. The zero-order valence-corrected chi connectivity index (χ0v) is 14.2. The Hall–Kier alpha value is -3.54. The molecule has 2 amide bonds. The molecule has 132 valence electrons. The molecule has 0 spiro atoms. The lowest BCUT2D eigenvalue weighted by molar-refractivity contribution is -0.132. The number of amides is 2. The van der Waals surface area contributed by atoms with Crippen LogP contribution in [0, 0.1) is 0 Å². The topological polar surface area (TPSA) is 87.7 Å². The lowest BCUT2D eigenvalue weighted by Crippen LogP contribution is -2.29. The van der Waals surface area contributed by atoms with Crippen molar-refractivity contribution in [3.05, 3.63) is 60.7 Å². The fourth-order valence-electron chi connectivity index (χ4n) is 2.57. The van der Waals surface area contributed by atoms with E-state index in [1.165, 1.54) is 0 Å². The second kappa shape index (κ2) is 7.57. The summed E-state index contributed by atoms with van der Waals surface area (Å²) in [4.78, 5) is 24.3. The van der Waals surface area contributed by atoms with Gasteiger partial charge in [-0.2, -0.15) is 0 Å². The van der Waals surface area contributed by atoms with Crippen LogP contribution in [0.25, 0.3) is 10.8 Å². The van der Waals surface area contributed by atoms with Crippen molar-refractivity contribution in [1.29, 1.82) is 0 Å². The summed E-state index contributed by atoms with van der Waals surface area (Å²) in [5, 5.41) is 16.2. The van der Waals surface area contributed by atoms with Crippen molar-refractivity contribution in [1.82, 2.24) is 0 Å². The number of rotatable bonds is 4. The Balaban J connectivity index is 1.72. The predicted octanol–water partition coefficient (Wildman–Crippen LogP) is 3.52. The monoisotopic (exact) mass is 350 g/mol. The van der Waals surface area contributed by atoms with Gasteiger partial charge in [0, 0.05) is 22.1 Å². The Bertz CT molecular complexity index is 952. The molecule has 6 nitrogen and oxygen atoms in total. The summed E-state index contributed by atoms with van der Waals surface area (Å²) < 4.78 is 5.33. The van der Waals surface area contributed by atoms with E-state index in [1.807, 2.05) is 6.92 Å². The van der Waals surface area contributed by atoms with Gasteiger partial charge in [0.15, 0.2) is 0 Å². The van der Waals surface area contributed by atoms with Gasteiger partial charge in [-0.15, -0.1) is 0 Å². The first-order chi connectivity index (χ1) is 12.6. The maximum atomic E-state index is 12.2. The van der Waals surface area contributed by atoms with E-state index in [-0.39, 0.29) is 5.75 Å². The van der Waals surface area contributed by atoms with Gasteiger partial charge in [0.2, 0.25) is 0 Å². The van der Waals surface area contributed by atoms with Gasteiger partial charge in [-0.25, -0.2) is 0 Å². The van der Waals surface area contributed by atoms with Crippen LogP contribution in [0.2, 0.25) is 0 Å². The number of hydrogen-bond donors (Lipinski definition) is 3. The van der Waals surface area contributed by atoms with Crippen molar-refractivity contribution in [3.8, 4) is 11.5 Å². The fourth-order valence-corrected chi connectivity index (χ4v) is 2.57. The SMILES string of the molecule is CCOc1ccc(NC(=O)C(=O)Nc2cccc3c(O)cccc23)cc1. The van der Waals surface area contributed by atoms with Crippen molar-refractivity contribution in [2.24, 2.45) is 0 Å². The van der Waals surface area contributed by atoms with Crippen molar-refractivity contribution in [3.63, 3.8) is 0 Å². The van der Waals surface area contributed by atoms with Gasteiger partial charge in [0.1, 0.15) is 11.5 Å². The molecule has 0 aliphatic carbocycles. The maximum Gasteiger partial charge on any atom is 0.314 e. The average molecular weight is 350 g/mol. The largest absolute Gasteiger partial charge is 0.507 e. The van der Waals surface area contributed by atoms with Gasteiger partial charge in [-0.05, 0) is 43.3 Å². The Morgan fingerprint density at radius 3 is 2.27 bits per heavy atom. The molecule has 0 fully saturated rings. The molecule has 0 bridgehead atoms. The van der Waals surface area contributed by atoms with Crippen molar-refractivity contribution in [2.75, 3.05) is 17.2 Å². The highest BCUT2D eigenvalue weighted by molar-refractivity contribution is 6.44. The molecular weight excluding hydrogens is 332 g/mol. The Morgan fingerprint density at radius 1 is 0.885 bits per heavy atom. The Morgan fingerprint density at radius 2 is 1.54 bits per heavy atom. The van der Waals surface area contributed by atoms with Crippen molar-refractivity contribution >= 4 is 34.0 Å². The highest BCUT2D eigenvalue weighted by Gasteiger charge is 2.15. The molecular formula is C20H18N2O4. The van der Waals surface area contributed by atoms with Crippen molar-refractivity contribution in [2.45, 2.75) is 6.92 Å². The number of phenols is 1. The summed E-state index contributed by atoms with van der Waals surface area (Å²) in [6, 6.07) is 16.8. The summed E-state index contributed by atoms with van der Waals surface area (Å²) in [7, 11) is 0. The van der Waals surface area contributed by atoms with Gasteiger partial charge in [-0.3, -0.25) is 9.59 Å². The zero-order valence-electron chi connectivity index (χ0n) is 14.2. The Labute approximate surface area is 150 Å². The van der Waals surface area contributed by atoms with Gasteiger partial charge >= 0.3 is 11.8 Å². The van der Waals surface area contributed by atoms with E-state index in [2.05, 4.69) is 10.6 Å². The van der Waals surface area contributed by atoms with Gasteiger partial charge in [-0.1, -0.05) is 24.3 Å². The molecule has 3 aromatic rings. The predicted molar refractivity (Wildman–Crippen MR) is 100 cm³/mol. The number of ether oxygens (including phenoxy) is 1. The minimum Gasteiger partial charge on any atom is -0.507 e. The molecule has 0 unspecified atom stereocenters. The lowest BCUT2D eigenvalue weighted by Gasteiger charge is -2.10. The summed E-state index contributed by atoms with van der Waals surface area (Å²) in [5.74, 6) is -0.788. The molecule has 0 aliphatic rings. The molecule has 26 heavy (non-hydrogen) atoms. The van der Waals surface area contributed by atoms with Crippen LogP contribution in [0.1, 0.15) is 6.92 Å². The van der Waals surface area contributed by atoms with Crippen LogP contribution in [0.3, 0.4) is 0 Å². The van der Waals surface area contributed by atoms with Crippen LogP contribution in [0.5, 0.6) is 11.5 Å². The van der Waals surface area contributed by atoms with E-state index >= 15 is 0 Å². The van der Waals surface area contributed by atoms with Crippen LogP contribution >= 0.6 is 0 Å². The standard InChI is InChI=1S/C20H18N2O4/c1-2-26-14-11-9-13(10-12-14)21-19(24)20(25)22-17-7-3-6-16-15(17)5-4-8-18(16)23/h3-12,23H,2H2,1H3,(H,21,24)(H,22,25). The third-order valence-electron chi connectivity index (χ3n) is 3.78. The summed E-state index contributed by atoms with van der Waals surface area (Å²) >= 11 is 0. The average Bonchev–Trinajstić information content (AvgIpc) is 2.64. The third-order valence-corrected chi connectivity index (χ3v) is 3.78. The second-order valence-corrected chi connectivity index (χ2v) is 5.54. The molecule has 0 atom stereocenters. The fraction of sp³-hybridized carbons (Fsp3) is 0.100. The number of fused-ring (bicyclic) bond motifs is 1. The first-order valence-electron chi connectivity index (χ1n) is 8.14. The van der Waals surface area contributed by atoms with E-state index in [0.717, 1.165) is 0 Å². The van der Waals surface area contributed by atoms with Gasteiger partial charge in [0.25, 0.3) is 0 Å². The third kappa shape index (κ3) is 3.75. The number of carbonyl (C=O) groups is 2. The highest BCUT2D eigenvalue weighted by Crippen LogP contribution is 2.29. The molecule has 3 N–H and O–H groups in total. The lowest BCUT2D eigenvalue weighted by atomic mass is 10.1. The minimum atomic E-state index is -0.797. The molecule has 6 heteroatoms. The van der Waals surface area contributed by atoms with Crippen LogP contribution < -0.4 is 15.4 Å². The number of aromatic hydroxyl groups is 1. The smallest absolute Gasteiger partial charge is 0.314 e. The van der Waals surface area contributed by atoms with Crippen molar-refractivity contribution < 1.29 is 19.4 Å². The molecule has 0 radical (unpaired) electrons. The summed E-state index contributed by atoms with van der Waals surface area (Å²) in [6.07, 6.45) is 0. The van der Waals surface area contributed by atoms with Crippen LogP contribution in [0.4, 0.5) is 11.4 Å². The normalized spacial score (nSPS) is 10.3. The number of benzene rings is 3. The molecule has 0 saturated heterocycles. The number of carbonyl (C=O) groups excluding carboxylic acids is 2. The molecule has 3 aromatic carbocycles. The molecule has 3 rings (SSSR count). The number of phenolic OH excluding ortho intramolecular Hbond substituents is 1. The van der Waals surface area contributed by atoms with Crippen LogP contribution in [0.15, 0.2) is 60.7 Å². The molecule has 0 aromatic heterocycles.